The minimum Gasteiger partial charge on any atom is -0.303 e. The summed E-state index contributed by atoms with van der Waals surface area (Å²) in [4.78, 5) is 10.6. The molecule has 2 aromatic rings. The van der Waals surface area contributed by atoms with Crippen molar-refractivity contribution >= 4 is 17.1 Å². The van der Waals surface area contributed by atoms with Gasteiger partial charge >= 0.3 is 0 Å². The fourth-order valence-corrected chi connectivity index (χ4v) is 1.87. The molecular formula is C14H14O. The van der Waals surface area contributed by atoms with E-state index >= 15 is 0 Å². The predicted molar refractivity (Wildman–Crippen MR) is 62.9 cm³/mol. The van der Waals surface area contributed by atoms with Crippen molar-refractivity contribution < 1.29 is 4.79 Å². The van der Waals surface area contributed by atoms with Gasteiger partial charge in [-0.15, -0.1) is 0 Å². The maximum Gasteiger partial charge on any atom is 0.123 e. The molecule has 0 N–H and O–H groups in total. The van der Waals surface area contributed by atoms with Crippen LogP contribution in [0.15, 0.2) is 42.5 Å². The summed E-state index contributed by atoms with van der Waals surface area (Å²) >= 11 is 0. The highest BCUT2D eigenvalue weighted by atomic mass is 16.1. The molecule has 0 aliphatic carbocycles. The van der Waals surface area contributed by atoms with Crippen LogP contribution in [0.3, 0.4) is 0 Å². The molecule has 1 atom stereocenters. The second-order valence-electron chi connectivity index (χ2n) is 3.96. The Bertz CT molecular complexity index is 468. The van der Waals surface area contributed by atoms with Gasteiger partial charge in [-0.05, 0) is 22.8 Å². The van der Waals surface area contributed by atoms with E-state index in [9.17, 15) is 4.79 Å². The molecule has 0 saturated heterocycles. The molecule has 2 rings (SSSR count). The number of fused-ring (bicyclic) bond motifs is 1. The molecule has 1 unspecified atom stereocenters. The maximum atomic E-state index is 10.6. The van der Waals surface area contributed by atoms with Gasteiger partial charge in [0, 0.05) is 5.92 Å². The Hall–Kier alpha value is -1.63. The van der Waals surface area contributed by atoms with Crippen LogP contribution in [-0.2, 0) is 11.2 Å². The summed E-state index contributed by atoms with van der Waals surface area (Å²) in [5.74, 6) is 0.0933. The van der Waals surface area contributed by atoms with Gasteiger partial charge in [0.05, 0.1) is 0 Å². The fraction of sp³-hybridized carbons (Fsp3) is 0.214. The van der Waals surface area contributed by atoms with Crippen molar-refractivity contribution in [3.8, 4) is 0 Å². The van der Waals surface area contributed by atoms with Crippen LogP contribution in [0.25, 0.3) is 10.8 Å². The molecule has 0 radical (unpaired) electrons. The molecule has 0 spiro atoms. The number of carbonyl (C=O) groups is 1. The van der Waals surface area contributed by atoms with E-state index in [0.717, 1.165) is 12.7 Å². The zero-order valence-electron chi connectivity index (χ0n) is 8.81. The Balaban J connectivity index is 2.46. The van der Waals surface area contributed by atoms with E-state index in [0.29, 0.717) is 0 Å². The van der Waals surface area contributed by atoms with Crippen LogP contribution >= 0.6 is 0 Å². The number of benzene rings is 2. The van der Waals surface area contributed by atoms with Gasteiger partial charge < -0.3 is 4.79 Å². The lowest BCUT2D eigenvalue weighted by Crippen LogP contribution is -2.00. The van der Waals surface area contributed by atoms with E-state index in [-0.39, 0.29) is 5.92 Å². The first-order chi connectivity index (χ1) is 7.31. The third-order valence-corrected chi connectivity index (χ3v) is 2.65. The van der Waals surface area contributed by atoms with Gasteiger partial charge in [0.25, 0.3) is 0 Å². The predicted octanol–water partition coefficient (Wildman–Crippen LogP) is 3.22. The first-order valence-electron chi connectivity index (χ1n) is 5.23. The molecule has 1 heteroatoms. The van der Waals surface area contributed by atoms with E-state index in [4.69, 9.17) is 0 Å². The molecule has 0 fully saturated rings. The summed E-state index contributed by atoms with van der Waals surface area (Å²) < 4.78 is 0. The average Bonchev–Trinajstić information content (AvgIpc) is 2.29. The Morgan fingerprint density at radius 2 is 1.87 bits per heavy atom. The van der Waals surface area contributed by atoms with Crippen molar-refractivity contribution in [2.45, 2.75) is 13.3 Å². The summed E-state index contributed by atoms with van der Waals surface area (Å²) in [6.45, 7) is 1.95. The van der Waals surface area contributed by atoms with Gasteiger partial charge in [-0.3, -0.25) is 0 Å². The number of rotatable bonds is 3. The molecule has 0 saturated carbocycles. The van der Waals surface area contributed by atoms with E-state index in [2.05, 4.69) is 30.3 Å². The maximum absolute atomic E-state index is 10.6. The normalized spacial score (nSPS) is 12.6. The standard InChI is InChI=1S/C14H14O/c1-11(10-15)9-13-7-4-6-12-5-2-3-8-14(12)13/h2-8,10-11H,9H2,1H3. The molecule has 0 heterocycles. The molecular weight excluding hydrogens is 184 g/mol. The quantitative estimate of drug-likeness (QED) is 0.692. The largest absolute Gasteiger partial charge is 0.303 e. The number of carbonyl (C=O) groups excluding carboxylic acids is 1. The molecule has 15 heavy (non-hydrogen) atoms. The van der Waals surface area contributed by atoms with Crippen molar-refractivity contribution in [2.24, 2.45) is 5.92 Å². The second kappa shape index (κ2) is 4.26. The van der Waals surface area contributed by atoms with Crippen LogP contribution in [-0.4, -0.2) is 6.29 Å². The van der Waals surface area contributed by atoms with Crippen molar-refractivity contribution in [3.05, 3.63) is 48.0 Å². The molecule has 2 aromatic carbocycles. The minimum atomic E-state index is 0.0933. The third-order valence-electron chi connectivity index (χ3n) is 2.65. The van der Waals surface area contributed by atoms with E-state index in [1.165, 1.54) is 16.3 Å². The fourth-order valence-electron chi connectivity index (χ4n) is 1.87. The lowest BCUT2D eigenvalue weighted by atomic mass is 9.97. The van der Waals surface area contributed by atoms with Gasteiger partial charge in [-0.2, -0.15) is 0 Å². The summed E-state index contributed by atoms with van der Waals surface area (Å²) in [5.41, 5.74) is 1.26. The van der Waals surface area contributed by atoms with Crippen LogP contribution in [0.2, 0.25) is 0 Å². The average molecular weight is 198 g/mol. The number of hydrogen-bond donors (Lipinski definition) is 0. The van der Waals surface area contributed by atoms with E-state index in [1.54, 1.807) is 0 Å². The highest BCUT2D eigenvalue weighted by Gasteiger charge is 2.04. The summed E-state index contributed by atoms with van der Waals surface area (Å²) in [6, 6.07) is 14.5. The molecule has 1 nitrogen and oxygen atoms in total. The van der Waals surface area contributed by atoms with Gasteiger partial charge in [0.1, 0.15) is 6.29 Å². The van der Waals surface area contributed by atoms with Crippen molar-refractivity contribution in [3.63, 3.8) is 0 Å². The molecule has 0 amide bonds. The van der Waals surface area contributed by atoms with Crippen molar-refractivity contribution in [1.29, 1.82) is 0 Å². The second-order valence-corrected chi connectivity index (χ2v) is 3.96. The monoisotopic (exact) mass is 198 g/mol. The Morgan fingerprint density at radius 1 is 1.13 bits per heavy atom. The first-order valence-corrected chi connectivity index (χ1v) is 5.23. The zero-order valence-corrected chi connectivity index (χ0v) is 8.81. The van der Waals surface area contributed by atoms with Crippen molar-refractivity contribution in [1.82, 2.24) is 0 Å². The summed E-state index contributed by atoms with van der Waals surface area (Å²) in [6.07, 6.45) is 1.84. The zero-order chi connectivity index (χ0) is 10.7. The van der Waals surface area contributed by atoms with E-state index < -0.39 is 0 Å². The summed E-state index contributed by atoms with van der Waals surface area (Å²) in [7, 11) is 0. The summed E-state index contributed by atoms with van der Waals surface area (Å²) in [5, 5.41) is 2.50. The van der Waals surface area contributed by atoms with Crippen LogP contribution in [0.5, 0.6) is 0 Å². The number of hydrogen-bond acceptors (Lipinski definition) is 1. The lowest BCUT2D eigenvalue weighted by molar-refractivity contribution is -0.110. The highest BCUT2D eigenvalue weighted by molar-refractivity contribution is 5.85. The molecule has 0 bridgehead atoms. The van der Waals surface area contributed by atoms with Crippen molar-refractivity contribution in [2.75, 3.05) is 0 Å². The molecule has 0 aromatic heterocycles. The van der Waals surface area contributed by atoms with Gasteiger partial charge in [-0.25, -0.2) is 0 Å². The van der Waals surface area contributed by atoms with Crippen LogP contribution in [0.4, 0.5) is 0 Å². The first kappa shape index (κ1) is 9.91. The Labute approximate surface area is 89.7 Å². The van der Waals surface area contributed by atoms with Crippen LogP contribution in [0.1, 0.15) is 12.5 Å². The van der Waals surface area contributed by atoms with Gasteiger partial charge in [0.15, 0.2) is 0 Å². The molecule has 76 valence electrons. The van der Waals surface area contributed by atoms with Crippen LogP contribution in [0, 0.1) is 5.92 Å². The SMILES string of the molecule is CC(C=O)Cc1cccc2ccccc12. The highest BCUT2D eigenvalue weighted by Crippen LogP contribution is 2.20. The molecule has 0 aliphatic rings. The number of aldehydes is 1. The van der Waals surface area contributed by atoms with Gasteiger partial charge in [-0.1, -0.05) is 49.4 Å². The Kier molecular flexibility index (Phi) is 2.82. The third kappa shape index (κ3) is 2.07. The lowest BCUT2D eigenvalue weighted by Gasteiger charge is -2.07. The van der Waals surface area contributed by atoms with Gasteiger partial charge in [0.2, 0.25) is 0 Å². The van der Waals surface area contributed by atoms with Crippen LogP contribution < -0.4 is 0 Å². The Morgan fingerprint density at radius 3 is 2.67 bits per heavy atom. The van der Waals surface area contributed by atoms with E-state index in [1.807, 2.05) is 19.1 Å². The smallest absolute Gasteiger partial charge is 0.123 e. The minimum absolute atomic E-state index is 0.0933. The topological polar surface area (TPSA) is 17.1 Å². The molecule has 0 aliphatic heterocycles.